The molecule has 1 N–H and O–H groups in total. The molecule has 0 aliphatic heterocycles. The fourth-order valence-electron chi connectivity index (χ4n) is 1.24. The topological polar surface area (TPSA) is 25.2 Å². The molecule has 0 bridgehead atoms. The van der Waals surface area contributed by atoms with Crippen LogP contribution in [-0.2, 0) is 6.54 Å². The maximum absolute atomic E-state index is 5.47. The quantitative estimate of drug-likeness (QED) is 0.656. The van der Waals surface area contributed by atoms with Gasteiger partial charge in [0.2, 0.25) is 0 Å². The third kappa shape index (κ3) is 3.24. The van der Waals surface area contributed by atoms with E-state index in [0.717, 1.165) is 20.6 Å². The Hall–Kier alpha value is -0.0100. The van der Waals surface area contributed by atoms with Gasteiger partial charge in [-0.15, -0.1) is 0 Å². The van der Waals surface area contributed by atoms with Gasteiger partial charge >= 0.3 is 0 Å². The maximum atomic E-state index is 5.47. The van der Waals surface area contributed by atoms with Crippen molar-refractivity contribution in [1.29, 1.82) is 0 Å². The molecule has 0 fully saturated rings. The van der Waals surface area contributed by atoms with Gasteiger partial charge < -0.3 is 9.73 Å². The maximum Gasteiger partial charge on any atom is 0.183 e. The van der Waals surface area contributed by atoms with Crippen LogP contribution in [-0.4, -0.2) is 0 Å². The molecular formula is C11H8Br2INO. The van der Waals surface area contributed by atoms with Crippen LogP contribution in [0.25, 0.3) is 0 Å². The zero-order valence-corrected chi connectivity index (χ0v) is 13.5. The standard InChI is InChI=1S/C11H8Br2INO/c12-10-5-9(16-11(10)13)6-15-8-3-1-7(14)2-4-8/h1-5,15H,6H2. The van der Waals surface area contributed by atoms with Crippen molar-refractivity contribution in [3.63, 3.8) is 0 Å². The van der Waals surface area contributed by atoms with Crippen molar-refractivity contribution >= 4 is 60.1 Å². The van der Waals surface area contributed by atoms with Gasteiger partial charge in [0, 0.05) is 9.26 Å². The van der Waals surface area contributed by atoms with E-state index in [1.54, 1.807) is 0 Å². The van der Waals surface area contributed by atoms with Crippen molar-refractivity contribution in [2.75, 3.05) is 5.32 Å². The van der Waals surface area contributed by atoms with Crippen molar-refractivity contribution in [2.24, 2.45) is 0 Å². The number of nitrogens with one attached hydrogen (secondary N) is 1. The van der Waals surface area contributed by atoms with Gasteiger partial charge in [-0.05, 0) is 84.8 Å². The first-order chi connectivity index (χ1) is 7.65. The highest BCUT2D eigenvalue weighted by Gasteiger charge is 2.05. The Morgan fingerprint density at radius 1 is 1.19 bits per heavy atom. The van der Waals surface area contributed by atoms with Crippen molar-refractivity contribution < 1.29 is 4.42 Å². The number of hydrogen-bond acceptors (Lipinski definition) is 2. The van der Waals surface area contributed by atoms with Gasteiger partial charge in [-0.2, -0.15) is 0 Å². The summed E-state index contributed by atoms with van der Waals surface area (Å²) in [4.78, 5) is 0. The van der Waals surface area contributed by atoms with Crippen LogP contribution in [0, 0.1) is 3.57 Å². The molecule has 1 heterocycles. The summed E-state index contributed by atoms with van der Waals surface area (Å²) >= 11 is 8.98. The van der Waals surface area contributed by atoms with Gasteiger partial charge in [-0.25, -0.2) is 0 Å². The van der Waals surface area contributed by atoms with Crippen molar-refractivity contribution in [1.82, 2.24) is 0 Å². The SMILES string of the molecule is Brc1cc(CNc2ccc(I)cc2)oc1Br. The van der Waals surface area contributed by atoms with E-state index in [9.17, 15) is 0 Å². The lowest BCUT2D eigenvalue weighted by atomic mass is 10.3. The van der Waals surface area contributed by atoms with Crippen LogP contribution in [0.1, 0.15) is 5.76 Å². The Labute approximate surface area is 124 Å². The van der Waals surface area contributed by atoms with Crippen LogP contribution in [0.5, 0.6) is 0 Å². The molecule has 0 radical (unpaired) electrons. The summed E-state index contributed by atoms with van der Waals surface area (Å²) < 4.78 is 8.36. The van der Waals surface area contributed by atoms with Crippen LogP contribution in [0.2, 0.25) is 0 Å². The van der Waals surface area contributed by atoms with E-state index < -0.39 is 0 Å². The minimum atomic E-state index is 0.671. The first-order valence-corrected chi connectivity index (χ1v) is 7.25. The van der Waals surface area contributed by atoms with Gasteiger partial charge in [-0.1, -0.05) is 0 Å². The van der Waals surface area contributed by atoms with E-state index in [4.69, 9.17) is 4.42 Å². The third-order valence-electron chi connectivity index (χ3n) is 2.01. The second-order valence-corrected chi connectivity index (χ2v) is 6.02. The molecule has 0 spiro atoms. The van der Waals surface area contributed by atoms with E-state index in [1.807, 2.05) is 6.07 Å². The summed E-state index contributed by atoms with van der Waals surface area (Å²) in [6.45, 7) is 0.671. The zero-order valence-electron chi connectivity index (χ0n) is 8.14. The molecule has 1 aromatic carbocycles. The number of furan rings is 1. The Bertz CT molecular complexity index is 462. The lowest BCUT2D eigenvalue weighted by Gasteiger charge is -2.03. The molecule has 1 aromatic heterocycles. The molecule has 0 atom stereocenters. The molecule has 0 unspecified atom stereocenters. The average Bonchev–Trinajstić information content (AvgIpc) is 2.58. The summed E-state index contributed by atoms with van der Waals surface area (Å²) in [7, 11) is 0. The van der Waals surface area contributed by atoms with Crippen molar-refractivity contribution in [2.45, 2.75) is 6.54 Å². The number of benzene rings is 1. The Balaban J connectivity index is 1.99. The molecule has 0 aliphatic rings. The summed E-state index contributed by atoms with van der Waals surface area (Å²) in [5, 5.41) is 3.29. The van der Waals surface area contributed by atoms with E-state index in [0.29, 0.717) is 6.54 Å². The lowest BCUT2D eigenvalue weighted by Crippen LogP contribution is -1.97. The largest absolute Gasteiger partial charge is 0.451 e. The molecule has 0 aliphatic carbocycles. The first-order valence-electron chi connectivity index (χ1n) is 4.58. The Kier molecular flexibility index (Phi) is 4.32. The predicted octanol–water partition coefficient (Wildman–Crippen LogP) is 5.02. The molecule has 2 nitrogen and oxygen atoms in total. The van der Waals surface area contributed by atoms with Crippen LogP contribution in [0.15, 0.2) is 43.9 Å². The number of rotatable bonds is 3. The molecule has 84 valence electrons. The highest BCUT2D eigenvalue weighted by atomic mass is 127. The second-order valence-electron chi connectivity index (χ2n) is 3.19. The summed E-state index contributed by atoms with van der Waals surface area (Å²) in [5.74, 6) is 0.886. The second kappa shape index (κ2) is 5.55. The van der Waals surface area contributed by atoms with Crippen molar-refractivity contribution in [3.8, 4) is 0 Å². The fourth-order valence-corrected chi connectivity index (χ4v) is 2.25. The fraction of sp³-hybridized carbons (Fsp3) is 0.0909. The third-order valence-corrected chi connectivity index (χ3v) is 4.44. The summed E-state index contributed by atoms with van der Waals surface area (Å²) in [5.41, 5.74) is 1.09. The van der Waals surface area contributed by atoms with Crippen LogP contribution in [0.4, 0.5) is 5.69 Å². The van der Waals surface area contributed by atoms with Gasteiger partial charge in [0.05, 0.1) is 11.0 Å². The van der Waals surface area contributed by atoms with Crippen LogP contribution in [0.3, 0.4) is 0 Å². The van der Waals surface area contributed by atoms with Gasteiger partial charge in [-0.3, -0.25) is 0 Å². The van der Waals surface area contributed by atoms with E-state index in [2.05, 4.69) is 84.0 Å². The van der Waals surface area contributed by atoms with Gasteiger partial charge in [0.15, 0.2) is 4.67 Å². The molecule has 5 heteroatoms. The minimum absolute atomic E-state index is 0.671. The van der Waals surface area contributed by atoms with Crippen LogP contribution < -0.4 is 5.32 Å². The summed E-state index contributed by atoms with van der Waals surface area (Å²) in [6, 6.07) is 10.2. The molecule has 16 heavy (non-hydrogen) atoms. The molecule has 0 saturated carbocycles. The highest BCUT2D eigenvalue weighted by molar-refractivity contribution is 14.1. The normalized spacial score (nSPS) is 10.4. The molecule has 0 amide bonds. The molecular weight excluding hydrogens is 449 g/mol. The number of anilines is 1. The smallest absolute Gasteiger partial charge is 0.183 e. The van der Waals surface area contributed by atoms with Gasteiger partial charge in [0.25, 0.3) is 0 Å². The highest BCUT2D eigenvalue weighted by Crippen LogP contribution is 2.27. The lowest BCUT2D eigenvalue weighted by molar-refractivity contribution is 0.494. The van der Waals surface area contributed by atoms with Crippen LogP contribution >= 0.6 is 54.5 Å². The predicted molar refractivity (Wildman–Crippen MR) is 80.6 cm³/mol. The summed E-state index contributed by atoms with van der Waals surface area (Å²) in [6.07, 6.45) is 0. The minimum Gasteiger partial charge on any atom is -0.451 e. The molecule has 0 saturated heterocycles. The zero-order chi connectivity index (χ0) is 11.5. The Morgan fingerprint density at radius 3 is 2.44 bits per heavy atom. The average molecular weight is 457 g/mol. The van der Waals surface area contributed by atoms with E-state index in [1.165, 1.54) is 3.57 Å². The first kappa shape index (κ1) is 12.4. The molecule has 2 aromatic rings. The number of hydrogen-bond donors (Lipinski definition) is 1. The van der Waals surface area contributed by atoms with E-state index in [-0.39, 0.29) is 0 Å². The molecule has 2 rings (SSSR count). The Morgan fingerprint density at radius 2 is 1.88 bits per heavy atom. The monoisotopic (exact) mass is 455 g/mol. The van der Waals surface area contributed by atoms with E-state index >= 15 is 0 Å². The van der Waals surface area contributed by atoms with Gasteiger partial charge in [0.1, 0.15) is 5.76 Å². The number of halogens is 3. The van der Waals surface area contributed by atoms with Crippen molar-refractivity contribution in [3.05, 3.63) is 48.8 Å².